The Labute approximate surface area is 90.0 Å². The Morgan fingerprint density at radius 1 is 1.67 bits per heavy atom. The summed E-state index contributed by atoms with van der Waals surface area (Å²) < 4.78 is 10.4. The van der Waals surface area contributed by atoms with E-state index in [0.717, 1.165) is 6.42 Å². The predicted molar refractivity (Wildman–Crippen MR) is 54.5 cm³/mol. The highest BCUT2D eigenvalue weighted by Gasteiger charge is 2.26. The molecule has 1 unspecified atom stereocenters. The molecule has 0 aromatic heterocycles. The third kappa shape index (κ3) is 3.77. The van der Waals surface area contributed by atoms with Crippen LogP contribution in [0.25, 0.3) is 0 Å². The van der Waals surface area contributed by atoms with Crippen LogP contribution in [-0.2, 0) is 14.3 Å². The zero-order valence-corrected chi connectivity index (χ0v) is 9.15. The summed E-state index contributed by atoms with van der Waals surface area (Å²) >= 11 is 0. The van der Waals surface area contributed by atoms with Gasteiger partial charge in [-0.2, -0.15) is 0 Å². The molecule has 0 saturated carbocycles. The zero-order chi connectivity index (χ0) is 11.1. The van der Waals surface area contributed by atoms with Crippen LogP contribution in [0.5, 0.6) is 0 Å². The molecule has 1 aliphatic heterocycles. The quantitative estimate of drug-likeness (QED) is 0.638. The van der Waals surface area contributed by atoms with Gasteiger partial charge in [-0.3, -0.25) is 4.79 Å². The van der Waals surface area contributed by atoms with Crippen molar-refractivity contribution < 1.29 is 19.4 Å². The highest BCUT2D eigenvalue weighted by Crippen LogP contribution is 2.06. The van der Waals surface area contributed by atoms with E-state index in [1.54, 1.807) is 4.90 Å². The predicted octanol–water partition coefficient (Wildman–Crippen LogP) is -0.367. The van der Waals surface area contributed by atoms with Crippen molar-refractivity contribution in [1.29, 1.82) is 0 Å². The molecule has 1 atom stereocenters. The largest absolute Gasteiger partial charge is 0.394 e. The van der Waals surface area contributed by atoms with Gasteiger partial charge in [0.05, 0.1) is 25.9 Å². The van der Waals surface area contributed by atoms with Crippen LogP contribution in [-0.4, -0.2) is 61.5 Å². The van der Waals surface area contributed by atoms with Crippen molar-refractivity contribution in [3.8, 4) is 0 Å². The number of hydrogen-bond acceptors (Lipinski definition) is 4. The van der Waals surface area contributed by atoms with Crippen molar-refractivity contribution in [3.63, 3.8) is 0 Å². The first-order chi connectivity index (χ1) is 7.29. The van der Waals surface area contributed by atoms with Crippen LogP contribution < -0.4 is 0 Å². The fourth-order valence-electron chi connectivity index (χ4n) is 1.52. The van der Waals surface area contributed by atoms with E-state index >= 15 is 0 Å². The molecule has 1 rings (SSSR count). The van der Waals surface area contributed by atoms with Gasteiger partial charge in [0.2, 0.25) is 5.91 Å². The summed E-state index contributed by atoms with van der Waals surface area (Å²) in [5.74, 6) is -0.0641. The molecular formula is C10H19NO4. The second-order valence-electron chi connectivity index (χ2n) is 3.55. The lowest BCUT2D eigenvalue weighted by molar-refractivity contribution is -0.146. The molecule has 1 N–H and O–H groups in total. The molecule has 0 aromatic rings. The van der Waals surface area contributed by atoms with Crippen LogP contribution in [0.3, 0.4) is 0 Å². The summed E-state index contributed by atoms with van der Waals surface area (Å²) in [5.41, 5.74) is 0. The summed E-state index contributed by atoms with van der Waals surface area (Å²) in [7, 11) is 0. The molecule has 0 spiro atoms. The fourth-order valence-corrected chi connectivity index (χ4v) is 1.52. The molecule has 0 aromatic carbocycles. The van der Waals surface area contributed by atoms with E-state index < -0.39 is 0 Å². The monoisotopic (exact) mass is 217 g/mol. The van der Waals surface area contributed by atoms with Crippen molar-refractivity contribution in [1.82, 2.24) is 4.90 Å². The molecule has 5 heteroatoms. The fraction of sp³-hybridized carbons (Fsp3) is 0.900. The van der Waals surface area contributed by atoms with E-state index in [2.05, 4.69) is 0 Å². The molecule has 0 aliphatic carbocycles. The highest BCUT2D eigenvalue weighted by molar-refractivity contribution is 5.77. The van der Waals surface area contributed by atoms with Crippen LogP contribution in [0, 0.1) is 0 Å². The van der Waals surface area contributed by atoms with Crippen LogP contribution in [0.1, 0.15) is 13.3 Å². The first-order valence-electron chi connectivity index (χ1n) is 5.35. The van der Waals surface area contributed by atoms with Gasteiger partial charge in [-0.25, -0.2) is 0 Å². The highest BCUT2D eigenvalue weighted by atomic mass is 16.5. The molecule has 0 bridgehead atoms. The molecule has 1 saturated heterocycles. The molecule has 1 fully saturated rings. The van der Waals surface area contributed by atoms with Gasteiger partial charge >= 0.3 is 0 Å². The van der Waals surface area contributed by atoms with Gasteiger partial charge in [0, 0.05) is 13.2 Å². The Morgan fingerprint density at radius 3 is 3.13 bits per heavy atom. The van der Waals surface area contributed by atoms with Crippen molar-refractivity contribution in [3.05, 3.63) is 0 Å². The summed E-state index contributed by atoms with van der Waals surface area (Å²) in [6, 6.07) is -0.212. The number of carbonyl (C=O) groups is 1. The topological polar surface area (TPSA) is 59.0 Å². The number of aliphatic hydroxyl groups is 1. The average Bonchev–Trinajstić information content (AvgIpc) is 2.29. The standard InChI is InChI=1S/C10H19NO4/c1-2-4-14-8-10(13)11-3-5-15-7-9(11)6-12/h9,12H,2-8H2,1H3. The smallest absolute Gasteiger partial charge is 0.249 e. The number of amides is 1. The molecule has 1 aliphatic rings. The van der Waals surface area contributed by atoms with E-state index in [1.807, 2.05) is 6.92 Å². The summed E-state index contributed by atoms with van der Waals surface area (Å²) in [6.07, 6.45) is 0.903. The second-order valence-corrected chi connectivity index (χ2v) is 3.55. The minimum absolute atomic E-state index is 0.0560. The number of hydrogen-bond donors (Lipinski definition) is 1. The minimum atomic E-state index is -0.212. The van der Waals surface area contributed by atoms with Gasteiger partial charge in [0.1, 0.15) is 6.61 Å². The van der Waals surface area contributed by atoms with Crippen LogP contribution in [0.15, 0.2) is 0 Å². The van der Waals surface area contributed by atoms with Crippen LogP contribution in [0.4, 0.5) is 0 Å². The van der Waals surface area contributed by atoms with E-state index in [4.69, 9.17) is 14.6 Å². The second kappa shape index (κ2) is 6.76. The van der Waals surface area contributed by atoms with Gasteiger partial charge in [-0.1, -0.05) is 6.92 Å². The lowest BCUT2D eigenvalue weighted by atomic mass is 10.2. The minimum Gasteiger partial charge on any atom is -0.394 e. The normalized spacial score (nSPS) is 21.7. The van der Waals surface area contributed by atoms with Crippen molar-refractivity contribution >= 4 is 5.91 Å². The van der Waals surface area contributed by atoms with E-state index in [1.165, 1.54) is 0 Å². The zero-order valence-electron chi connectivity index (χ0n) is 9.15. The molecule has 15 heavy (non-hydrogen) atoms. The Hall–Kier alpha value is -0.650. The van der Waals surface area contributed by atoms with Crippen LogP contribution in [0.2, 0.25) is 0 Å². The summed E-state index contributed by atoms with van der Waals surface area (Å²) in [5, 5.41) is 9.07. The van der Waals surface area contributed by atoms with Gasteiger partial charge in [-0.15, -0.1) is 0 Å². The summed E-state index contributed by atoms with van der Waals surface area (Å²) in [6.45, 7) is 4.13. The average molecular weight is 217 g/mol. The molecule has 1 heterocycles. The van der Waals surface area contributed by atoms with Gasteiger partial charge < -0.3 is 19.5 Å². The van der Waals surface area contributed by atoms with Crippen LogP contribution >= 0.6 is 0 Å². The van der Waals surface area contributed by atoms with E-state index in [9.17, 15) is 4.79 Å². The molecule has 5 nitrogen and oxygen atoms in total. The Balaban J connectivity index is 2.34. The number of aliphatic hydroxyl groups excluding tert-OH is 1. The first-order valence-corrected chi connectivity index (χ1v) is 5.35. The van der Waals surface area contributed by atoms with Gasteiger partial charge in [0.15, 0.2) is 0 Å². The Morgan fingerprint density at radius 2 is 2.47 bits per heavy atom. The number of ether oxygens (including phenoxy) is 2. The third-order valence-corrected chi connectivity index (χ3v) is 2.33. The number of nitrogens with zero attached hydrogens (tertiary/aromatic N) is 1. The Kier molecular flexibility index (Phi) is 5.60. The molecular weight excluding hydrogens is 198 g/mol. The lowest BCUT2D eigenvalue weighted by Crippen LogP contribution is -2.51. The maximum atomic E-state index is 11.7. The number of rotatable bonds is 5. The molecule has 1 amide bonds. The summed E-state index contributed by atoms with van der Waals surface area (Å²) in [4.78, 5) is 13.3. The SMILES string of the molecule is CCCOCC(=O)N1CCOCC1CO. The van der Waals surface area contributed by atoms with Crippen molar-refractivity contribution in [2.45, 2.75) is 19.4 Å². The van der Waals surface area contributed by atoms with Crippen molar-refractivity contribution in [2.24, 2.45) is 0 Å². The third-order valence-electron chi connectivity index (χ3n) is 2.33. The first kappa shape index (κ1) is 12.4. The lowest BCUT2D eigenvalue weighted by Gasteiger charge is -2.34. The van der Waals surface area contributed by atoms with Crippen molar-refractivity contribution in [2.75, 3.05) is 39.6 Å². The Bertz CT molecular complexity index is 198. The van der Waals surface area contributed by atoms with Gasteiger partial charge in [-0.05, 0) is 6.42 Å². The van der Waals surface area contributed by atoms with E-state index in [-0.39, 0.29) is 25.2 Å². The molecule has 0 radical (unpaired) electrons. The van der Waals surface area contributed by atoms with Gasteiger partial charge in [0.25, 0.3) is 0 Å². The number of carbonyl (C=O) groups excluding carboxylic acids is 1. The van der Waals surface area contributed by atoms with E-state index in [0.29, 0.717) is 26.4 Å². The maximum absolute atomic E-state index is 11.7. The molecule has 88 valence electrons. The maximum Gasteiger partial charge on any atom is 0.249 e. The number of morpholine rings is 1.